The average molecular weight is 271 g/mol. The standard InChI is InChI=1S/C13H12Cl2O2/c1-8-2-4-13(11(16)6-8)17-12-5-3-9(14)7-10(12)15/h2-6,9,16H,7H2,1H3. The number of hydrogen-bond donors (Lipinski definition) is 1. The van der Waals surface area contributed by atoms with Gasteiger partial charge in [0, 0.05) is 6.42 Å². The topological polar surface area (TPSA) is 29.5 Å². The van der Waals surface area contributed by atoms with Gasteiger partial charge >= 0.3 is 0 Å². The number of halogens is 2. The Labute approximate surface area is 110 Å². The van der Waals surface area contributed by atoms with Gasteiger partial charge in [0.05, 0.1) is 10.4 Å². The highest BCUT2D eigenvalue weighted by Crippen LogP contribution is 2.32. The first-order valence-corrected chi connectivity index (χ1v) is 6.06. The molecule has 0 heterocycles. The minimum atomic E-state index is -0.0959. The summed E-state index contributed by atoms with van der Waals surface area (Å²) in [6.45, 7) is 1.90. The summed E-state index contributed by atoms with van der Waals surface area (Å²) in [5, 5.41) is 10.2. The number of benzene rings is 1. The van der Waals surface area contributed by atoms with E-state index in [0.717, 1.165) is 5.56 Å². The monoisotopic (exact) mass is 270 g/mol. The third-order valence-corrected chi connectivity index (χ3v) is 3.07. The summed E-state index contributed by atoms with van der Waals surface area (Å²) in [4.78, 5) is 0. The Kier molecular flexibility index (Phi) is 3.65. The molecule has 1 atom stereocenters. The zero-order valence-electron chi connectivity index (χ0n) is 9.28. The van der Waals surface area contributed by atoms with Crippen molar-refractivity contribution in [3.05, 3.63) is 46.7 Å². The second-order valence-electron chi connectivity index (χ2n) is 3.92. The van der Waals surface area contributed by atoms with E-state index in [1.165, 1.54) is 0 Å². The number of phenolic OH excluding ortho intramolecular Hbond substituents is 1. The summed E-state index contributed by atoms with van der Waals surface area (Å²) >= 11 is 12.0. The first-order chi connectivity index (χ1) is 8.06. The van der Waals surface area contributed by atoms with Crippen molar-refractivity contribution >= 4 is 23.2 Å². The van der Waals surface area contributed by atoms with Gasteiger partial charge in [0.2, 0.25) is 0 Å². The maximum absolute atomic E-state index is 9.72. The molecule has 1 aromatic rings. The number of aryl methyl sites for hydroxylation is 1. The minimum Gasteiger partial charge on any atom is -0.504 e. The predicted molar refractivity (Wildman–Crippen MR) is 69.7 cm³/mol. The number of ether oxygens (including phenoxy) is 1. The molecule has 1 aliphatic rings. The van der Waals surface area contributed by atoms with Crippen LogP contribution >= 0.6 is 23.2 Å². The second-order valence-corrected chi connectivity index (χ2v) is 4.94. The Morgan fingerprint density at radius 1 is 1.41 bits per heavy atom. The van der Waals surface area contributed by atoms with Crippen molar-refractivity contribution in [3.8, 4) is 11.5 Å². The van der Waals surface area contributed by atoms with Crippen LogP contribution in [0.15, 0.2) is 41.1 Å². The normalized spacial score (nSPS) is 19.6. The molecule has 2 rings (SSSR count). The van der Waals surface area contributed by atoms with Crippen LogP contribution in [0.25, 0.3) is 0 Å². The van der Waals surface area contributed by atoms with E-state index in [4.69, 9.17) is 27.9 Å². The van der Waals surface area contributed by atoms with Crippen molar-refractivity contribution in [3.63, 3.8) is 0 Å². The van der Waals surface area contributed by atoms with Gasteiger partial charge in [-0.05, 0) is 30.7 Å². The zero-order valence-corrected chi connectivity index (χ0v) is 10.8. The van der Waals surface area contributed by atoms with Gasteiger partial charge in [-0.25, -0.2) is 0 Å². The molecule has 0 bridgehead atoms. The van der Waals surface area contributed by atoms with Crippen LogP contribution in [0, 0.1) is 6.92 Å². The van der Waals surface area contributed by atoms with E-state index < -0.39 is 0 Å². The molecule has 0 saturated carbocycles. The molecule has 0 spiro atoms. The van der Waals surface area contributed by atoms with Gasteiger partial charge in [-0.1, -0.05) is 23.7 Å². The number of aromatic hydroxyl groups is 1. The summed E-state index contributed by atoms with van der Waals surface area (Å²) in [7, 11) is 0. The molecular formula is C13H12Cl2O2. The lowest BCUT2D eigenvalue weighted by atomic mass is 10.1. The highest BCUT2D eigenvalue weighted by molar-refractivity contribution is 6.31. The molecule has 0 saturated heterocycles. The molecule has 4 heteroatoms. The van der Waals surface area contributed by atoms with Crippen molar-refractivity contribution in [2.45, 2.75) is 18.7 Å². The molecular weight excluding hydrogens is 259 g/mol. The number of rotatable bonds is 2. The Morgan fingerprint density at radius 3 is 2.82 bits per heavy atom. The first-order valence-electron chi connectivity index (χ1n) is 5.24. The Balaban J connectivity index is 2.22. The van der Waals surface area contributed by atoms with Gasteiger partial charge in [-0.2, -0.15) is 0 Å². The fourth-order valence-electron chi connectivity index (χ4n) is 1.54. The lowest BCUT2D eigenvalue weighted by Gasteiger charge is -2.15. The Hall–Kier alpha value is -1.12. The quantitative estimate of drug-likeness (QED) is 0.820. The van der Waals surface area contributed by atoms with Gasteiger partial charge in [0.1, 0.15) is 5.76 Å². The number of hydrogen-bond acceptors (Lipinski definition) is 2. The lowest BCUT2D eigenvalue weighted by Crippen LogP contribution is -2.05. The fraction of sp³-hybridized carbons (Fsp3) is 0.231. The summed E-state index contributed by atoms with van der Waals surface area (Å²) in [5.41, 5.74) is 0.968. The van der Waals surface area contributed by atoms with Crippen molar-refractivity contribution in [1.29, 1.82) is 0 Å². The van der Waals surface area contributed by atoms with E-state index in [9.17, 15) is 5.11 Å². The van der Waals surface area contributed by atoms with Gasteiger partial charge in [-0.15, -0.1) is 11.6 Å². The van der Waals surface area contributed by atoms with Crippen LogP contribution in [-0.4, -0.2) is 10.5 Å². The molecule has 90 valence electrons. The molecule has 0 radical (unpaired) electrons. The van der Waals surface area contributed by atoms with Crippen LogP contribution in [0.1, 0.15) is 12.0 Å². The Bertz CT molecular complexity index is 492. The summed E-state index contributed by atoms with van der Waals surface area (Å²) in [5.74, 6) is 1.02. The van der Waals surface area contributed by atoms with E-state index in [0.29, 0.717) is 23.0 Å². The third-order valence-electron chi connectivity index (χ3n) is 2.43. The SMILES string of the molecule is Cc1ccc(OC2=C(Cl)CC(Cl)C=C2)c(O)c1. The molecule has 1 aliphatic carbocycles. The second kappa shape index (κ2) is 5.03. The van der Waals surface area contributed by atoms with Crippen LogP contribution < -0.4 is 4.74 Å². The molecule has 0 fully saturated rings. The smallest absolute Gasteiger partial charge is 0.169 e. The predicted octanol–water partition coefficient (Wildman–Crippen LogP) is 4.10. The number of phenols is 1. The van der Waals surface area contributed by atoms with Crippen molar-refractivity contribution in [2.75, 3.05) is 0 Å². The molecule has 0 amide bonds. The molecule has 0 aliphatic heterocycles. The molecule has 0 aromatic heterocycles. The number of alkyl halides is 1. The van der Waals surface area contributed by atoms with Crippen LogP contribution in [0.4, 0.5) is 0 Å². The molecule has 1 N–H and O–H groups in total. The highest BCUT2D eigenvalue weighted by atomic mass is 35.5. The summed E-state index contributed by atoms with van der Waals surface area (Å²) in [6.07, 6.45) is 4.08. The van der Waals surface area contributed by atoms with E-state index >= 15 is 0 Å². The van der Waals surface area contributed by atoms with Crippen LogP contribution in [0.2, 0.25) is 0 Å². The zero-order chi connectivity index (χ0) is 12.4. The third kappa shape index (κ3) is 2.96. The van der Waals surface area contributed by atoms with Crippen LogP contribution in [-0.2, 0) is 0 Å². The van der Waals surface area contributed by atoms with Gasteiger partial charge < -0.3 is 9.84 Å². The maximum atomic E-state index is 9.72. The van der Waals surface area contributed by atoms with Crippen molar-refractivity contribution in [1.82, 2.24) is 0 Å². The molecule has 17 heavy (non-hydrogen) atoms. The van der Waals surface area contributed by atoms with Crippen LogP contribution in [0.5, 0.6) is 11.5 Å². The highest BCUT2D eigenvalue weighted by Gasteiger charge is 2.15. The van der Waals surface area contributed by atoms with E-state index in [1.54, 1.807) is 18.2 Å². The molecule has 1 aromatic carbocycles. The maximum Gasteiger partial charge on any atom is 0.169 e. The number of allylic oxidation sites excluding steroid dienone is 3. The minimum absolute atomic E-state index is 0.0959. The summed E-state index contributed by atoms with van der Waals surface area (Å²) in [6, 6.07) is 5.21. The van der Waals surface area contributed by atoms with Crippen LogP contribution in [0.3, 0.4) is 0 Å². The van der Waals surface area contributed by atoms with E-state index in [-0.39, 0.29) is 11.1 Å². The van der Waals surface area contributed by atoms with E-state index in [2.05, 4.69) is 0 Å². The average Bonchev–Trinajstić information content (AvgIpc) is 2.25. The molecule has 1 unspecified atom stereocenters. The largest absolute Gasteiger partial charge is 0.504 e. The lowest BCUT2D eigenvalue weighted by molar-refractivity contribution is 0.388. The first kappa shape index (κ1) is 12.3. The van der Waals surface area contributed by atoms with E-state index in [1.807, 2.05) is 19.1 Å². The Morgan fingerprint density at radius 2 is 2.18 bits per heavy atom. The fourth-order valence-corrected chi connectivity index (χ4v) is 2.12. The molecule has 2 nitrogen and oxygen atoms in total. The van der Waals surface area contributed by atoms with Crippen molar-refractivity contribution in [2.24, 2.45) is 0 Å². The van der Waals surface area contributed by atoms with Crippen molar-refractivity contribution < 1.29 is 9.84 Å². The summed E-state index contributed by atoms with van der Waals surface area (Å²) < 4.78 is 5.55. The van der Waals surface area contributed by atoms with Gasteiger partial charge in [-0.3, -0.25) is 0 Å². The van der Waals surface area contributed by atoms with Gasteiger partial charge in [0.25, 0.3) is 0 Å². The van der Waals surface area contributed by atoms with Gasteiger partial charge in [0.15, 0.2) is 11.5 Å².